The average Bonchev–Trinajstić information content (AvgIpc) is 2.80. The molecule has 0 radical (unpaired) electrons. The van der Waals surface area contributed by atoms with Crippen LogP contribution in [0.5, 0.6) is 0 Å². The van der Waals surface area contributed by atoms with Crippen LogP contribution in [0.3, 0.4) is 0 Å². The van der Waals surface area contributed by atoms with Crippen molar-refractivity contribution in [3.63, 3.8) is 0 Å². The normalized spacial score (nSPS) is 13.0. The Kier molecular flexibility index (Phi) is 2.62. The van der Waals surface area contributed by atoms with E-state index in [4.69, 9.17) is 5.84 Å². The highest BCUT2D eigenvalue weighted by Gasteiger charge is 2.15. The van der Waals surface area contributed by atoms with Crippen molar-refractivity contribution in [1.29, 1.82) is 0 Å². The van der Waals surface area contributed by atoms with Crippen molar-refractivity contribution in [2.45, 2.75) is 6.04 Å². The number of hydrazine groups is 1. The Morgan fingerprint density at radius 3 is 3.00 bits per heavy atom. The van der Waals surface area contributed by atoms with Gasteiger partial charge < -0.3 is 4.57 Å². The quantitative estimate of drug-likeness (QED) is 0.585. The van der Waals surface area contributed by atoms with Gasteiger partial charge in [0.2, 0.25) is 0 Å². The summed E-state index contributed by atoms with van der Waals surface area (Å²) < 4.78 is 1.96. The predicted molar refractivity (Wildman–Crippen MR) is 56.7 cm³/mol. The molecule has 1 unspecified atom stereocenters. The van der Waals surface area contributed by atoms with Gasteiger partial charge in [-0.1, -0.05) is 6.07 Å². The van der Waals surface area contributed by atoms with Crippen LogP contribution < -0.4 is 11.3 Å². The van der Waals surface area contributed by atoms with Crippen molar-refractivity contribution in [3.05, 3.63) is 40.6 Å². The second kappa shape index (κ2) is 3.91. The molecular weight excluding hydrogens is 196 g/mol. The number of rotatable bonds is 3. The Balaban J connectivity index is 2.36. The molecule has 1 atom stereocenters. The van der Waals surface area contributed by atoms with Crippen LogP contribution in [-0.4, -0.2) is 9.55 Å². The van der Waals surface area contributed by atoms with E-state index in [0.29, 0.717) is 0 Å². The zero-order chi connectivity index (χ0) is 9.97. The van der Waals surface area contributed by atoms with Crippen molar-refractivity contribution in [2.75, 3.05) is 0 Å². The van der Waals surface area contributed by atoms with E-state index < -0.39 is 0 Å². The van der Waals surface area contributed by atoms with Crippen LogP contribution in [0.2, 0.25) is 0 Å². The smallest absolute Gasteiger partial charge is 0.0968 e. The Bertz CT molecular complexity index is 393. The van der Waals surface area contributed by atoms with E-state index >= 15 is 0 Å². The Labute approximate surface area is 86.4 Å². The Morgan fingerprint density at radius 1 is 1.64 bits per heavy atom. The van der Waals surface area contributed by atoms with Gasteiger partial charge in [-0.2, -0.15) is 0 Å². The molecule has 0 amide bonds. The first kappa shape index (κ1) is 9.39. The lowest BCUT2D eigenvalue weighted by molar-refractivity contribution is 0.605. The summed E-state index contributed by atoms with van der Waals surface area (Å²) in [7, 11) is 1.96. The number of aryl methyl sites for hydroxylation is 1. The Hall–Kier alpha value is -1.17. The minimum Gasteiger partial charge on any atom is -0.336 e. The molecule has 0 spiro atoms. The third-order valence-corrected chi connectivity index (χ3v) is 3.08. The van der Waals surface area contributed by atoms with Crippen LogP contribution >= 0.6 is 11.3 Å². The number of nitrogens with one attached hydrogen (secondary N) is 1. The van der Waals surface area contributed by atoms with Crippen LogP contribution in [0.25, 0.3) is 0 Å². The molecule has 2 aromatic rings. The lowest BCUT2D eigenvalue weighted by Gasteiger charge is -2.14. The van der Waals surface area contributed by atoms with Gasteiger partial charge in [-0.25, -0.2) is 10.4 Å². The molecule has 0 saturated heterocycles. The topological polar surface area (TPSA) is 55.9 Å². The van der Waals surface area contributed by atoms with Crippen molar-refractivity contribution >= 4 is 11.3 Å². The van der Waals surface area contributed by atoms with Gasteiger partial charge in [-0.15, -0.1) is 11.3 Å². The third-order valence-electron chi connectivity index (χ3n) is 2.14. The molecule has 0 aromatic carbocycles. The molecule has 0 aliphatic heterocycles. The molecule has 2 rings (SSSR count). The van der Waals surface area contributed by atoms with Crippen LogP contribution in [0.15, 0.2) is 30.0 Å². The van der Waals surface area contributed by atoms with Crippen LogP contribution in [0.4, 0.5) is 0 Å². The molecule has 0 aliphatic carbocycles. The summed E-state index contributed by atoms with van der Waals surface area (Å²) in [5, 5.41) is 2.04. The van der Waals surface area contributed by atoms with Gasteiger partial charge in [0.15, 0.2) is 0 Å². The fourth-order valence-corrected chi connectivity index (χ4v) is 2.21. The summed E-state index contributed by atoms with van der Waals surface area (Å²) in [6.45, 7) is 0. The van der Waals surface area contributed by atoms with Gasteiger partial charge in [0.25, 0.3) is 0 Å². The van der Waals surface area contributed by atoms with E-state index in [-0.39, 0.29) is 6.04 Å². The maximum atomic E-state index is 5.54. The predicted octanol–water partition coefficient (Wildman–Crippen LogP) is 1.03. The summed E-state index contributed by atoms with van der Waals surface area (Å²) in [5.41, 5.74) is 3.86. The van der Waals surface area contributed by atoms with Crippen molar-refractivity contribution in [1.82, 2.24) is 15.0 Å². The van der Waals surface area contributed by atoms with Gasteiger partial charge in [-0.3, -0.25) is 5.84 Å². The van der Waals surface area contributed by atoms with E-state index in [1.54, 1.807) is 17.7 Å². The first-order valence-corrected chi connectivity index (χ1v) is 5.16. The first-order valence-electron chi connectivity index (χ1n) is 4.28. The highest BCUT2D eigenvalue weighted by atomic mass is 32.1. The molecule has 0 bridgehead atoms. The highest BCUT2D eigenvalue weighted by Crippen LogP contribution is 2.24. The highest BCUT2D eigenvalue weighted by molar-refractivity contribution is 7.10. The minimum absolute atomic E-state index is 0.0301. The zero-order valence-corrected chi connectivity index (χ0v) is 8.66. The van der Waals surface area contributed by atoms with Crippen molar-refractivity contribution in [3.8, 4) is 0 Å². The maximum absolute atomic E-state index is 5.54. The fraction of sp³-hybridized carbons (Fsp3) is 0.222. The molecule has 0 saturated carbocycles. The molecule has 3 N–H and O–H groups in total. The van der Waals surface area contributed by atoms with Crippen molar-refractivity contribution in [2.24, 2.45) is 12.9 Å². The number of imidazole rings is 1. The molecule has 5 heteroatoms. The number of hydrogen-bond acceptors (Lipinski definition) is 4. The van der Waals surface area contributed by atoms with E-state index in [1.165, 1.54) is 4.88 Å². The van der Waals surface area contributed by atoms with Gasteiger partial charge in [0, 0.05) is 11.9 Å². The van der Waals surface area contributed by atoms with Crippen molar-refractivity contribution < 1.29 is 0 Å². The number of aromatic nitrogens is 2. The molecule has 2 heterocycles. The lowest BCUT2D eigenvalue weighted by Crippen LogP contribution is -2.29. The number of nitrogens with two attached hydrogens (primary N) is 1. The van der Waals surface area contributed by atoms with Gasteiger partial charge in [-0.05, 0) is 11.4 Å². The summed E-state index contributed by atoms with van der Waals surface area (Å²) >= 11 is 1.68. The molecule has 0 fully saturated rings. The van der Waals surface area contributed by atoms with E-state index in [1.807, 2.05) is 29.3 Å². The SMILES string of the molecule is Cn1cncc1C(NN)c1cccs1. The summed E-state index contributed by atoms with van der Waals surface area (Å²) in [6.07, 6.45) is 3.59. The van der Waals surface area contributed by atoms with Crippen LogP contribution in [0.1, 0.15) is 16.6 Å². The molecule has 2 aromatic heterocycles. The Morgan fingerprint density at radius 2 is 2.50 bits per heavy atom. The summed E-state index contributed by atoms with van der Waals surface area (Å²) in [4.78, 5) is 5.26. The molecule has 4 nitrogen and oxygen atoms in total. The number of nitrogens with zero attached hydrogens (tertiary/aromatic N) is 2. The zero-order valence-electron chi connectivity index (χ0n) is 7.84. The second-order valence-electron chi connectivity index (χ2n) is 3.04. The van der Waals surface area contributed by atoms with Gasteiger partial charge >= 0.3 is 0 Å². The van der Waals surface area contributed by atoms with Crippen LogP contribution in [-0.2, 0) is 7.05 Å². The number of hydrogen-bond donors (Lipinski definition) is 2. The largest absolute Gasteiger partial charge is 0.336 e. The lowest BCUT2D eigenvalue weighted by atomic mass is 10.2. The standard InChI is InChI=1S/C9H12N4S/c1-13-6-11-5-7(13)9(12-10)8-3-2-4-14-8/h2-6,9,12H,10H2,1H3. The maximum Gasteiger partial charge on any atom is 0.0968 e. The molecule has 14 heavy (non-hydrogen) atoms. The fourth-order valence-electron chi connectivity index (χ4n) is 1.41. The monoisotopic (exact) mass is 208 g/mol. The second-order valence-corrected chi connectivity index (χ2v) is 4.02. The molecule has 0 aliphatic rings. The third kappa shape index (κ3) is 1.57. The first-order chi connectivity index (χ1) is 6.83. The molecular formula is C9H12N4S. The minimum atomic E-state index is 0.0301. The van der Waals surface area contributed by atoms with Crippen LogP contribution in [0, 0.1) is 0 Å². The van der Waals surface area contributed by atoms with E-state index in [2.05, 4.69) is 16.5 Å². The number of thiophene rings is 1. The van der Waals surface area contributed by atoms with E-state index in [9.17, 15) is 0 Å². The average molecular weight is 208 g/mol. The van der Waals surface area contributed by atoms with E-state index in [0.717, 1.165) is 5.69 Å². The molecule has 74 valence electrons. The summed E-state index contributed by atoms with van der Waals surface area (Å²) in [6, 6.07) is 4.10. The van der Waals surface area contributed by atoms with Gasteiger partial charge in [0.1, 0.15) is 0 Å². The summed E-state index contributed by atoms with van der Waals surface area (Å²) in [5.74, 6) is 5.54. The van der Waals surface area contributed by atoms with Gasteiger partial charge in [0.05, 0.1) is 24.3 Å².